The maximum absolute atomic E-state index is 13.5. The number of aliphatic hydroxyl groups excluding tert-OH is 1. The van der Waals surface area contributed by atoms with Crippen LogP contribution in [0.1, 0.15) is 35.1 Å². The molecule has 12 heteroatoms. The molecule has 1 atom stereocenters. The number of nitrogens with zero attached hydrogens (tertiary/aromatic N) is 4. The van der Waals surface area contributed by atoms with E-state index < -0.39 is 12.7 Å². The quantitative estimate of drug-likeness (QED) is 0.139. The summed E-state index contributed by atoms with van der Waals surface area (Å²) < 4.78 is 43.2. The van der Waals surface area contributed by atoms with Gasteiger partial charge in [0, 0.05) is 47.2 Å². The van der Waals surface area contributed by atoms with E-state index >= 15 is 0 Å². The predicted octanol–water partition coefficient (Wildman–Crippen LogP) is 7.70. The zero-order chi connectivity index (χ0) is 34.9. The van der Waals surface area contributed by atoms with E-state index in [0.717, 1.165) is 50.9 Å². The van der Waals surface area contributed by atoms with Crippen molar-refractivity contribution in [2.24, 2.45) is 0 Å². The van der Waals surface area contributed by atoms with E-state index in [0.29, 0.717) is 46.9 Å². The molecule has 0 spiro atoms. The summed E-state index contributed by atoms with van der Waals surface area (Å²) in [7, 11) is 1.34. The van der Waals surface area contributed by atoms with Crippen LogP contribution in [0.2, 0.25) is 0 Å². The first-order chi connectivity index (χ1) is 24.2. The number of alkyl halides is 2. The van der Waals surface area contributed by atoms with Crippen LogP contribution in [0.25, 0.3) is 44.6 Å². The highest BCUT2D eigenvalue weighted by molar-refractivity contribution is 5.91. The smallest absolute Gasteiger partial charge is 0.387 e. The fourth-order valence-corrected chi connectivity index (χ4v) is 6.71. The van der Waals surface area contributed by atoms with Crippen LogP contribution in [0, 0.1) is 13.8 Å². The SMILES string of the molecule is COC(=O)[C@@H]1CCCN1Cc1cc2oc(-c3cccc(-c4cccc(Nc5nccc6cc(CO)cnc56)c4C)c3C)nc2cc1OC(F)F. The van der Waals surface area contributed by atoms with Crippen LogP contribution in [0.4, 0.5) is 20.3 Å². The van der Waals surface area contributed by atoms with Crippen LogP contribution in [0.15, 0.2) is 77.5 Å². The van der Waals surface area contributed by atoms with Gasteiger partial charge in [-0.3, -0.25) is 14.7 Å². The topological polar surface area (TPSA) is 123 Å². The highest BCUT2D eigenvalue weighted by atomic mass is 19.3. The molecule has 0 unspecified atom stereocenters. The average molecular weight is 680 g/mol. The number of aliphatic hydroxyl groups is 1. The number of methoxy groups -OCH3 is 1. The highest BCUT2D eigenvalue weighted by Crippen LogP contribution is 2.38. The molecule has 0 bridgehead atoms. The minimum absolute atomic E-state index is 0.0157. The van der Waals surface area contributed by atoms with Gasteiger partial charge in [0.15, 0.2) is 11.4 Å². The van der Waals surface area contributed by atoms with Crippen molar-refractivity contribution >= 4 is 39.5 Å². The van der Waals surface area contributed by atoms with Gasteiger partial charge in [0.2, 0.25) is 5.89 Å². The number of likely N-dealkylation sites (tertiary alicyclic amines) is 1. The number of nitrogens with one attached hydrogen (secondary N) is 1. The summed E-state index contributed by atoms with van der Waals surface area (Å²) in [5.41, 5.74) is 8.14. The second-order valence-electron chi connectivity index (χ2n) is 12.3. The van der Waals surface area contributed by atoms with Crippen LogP contribution in [-0.2, 0) is 22.7 Å². The van der Waals surface area contributed by atoms with Crippen molar-refractivity contribution in [3.05, 3.63) is 95.3 Å². The number of benzene rings is 3. The molecule has 256 valence electrons. The molecule has 10 nitrogen and oxygen atoms in total. The number of hydrogen-bond acceptors (Lipinski definition) is 10. The molecule has 0 radical (unpaired) electrons. The fourth-order valence-electron chi connectivity index (χ4n) is 6.71. The third-order valence-electron chi connectivity index (χ3n) is 9.28. The summed E-state index contributed by atoms with van der Waals surface area (Å²) in [6, 6.07) is 18.3. The standard InChI is InChI=1S/C38H35F2N5O5/c1-21-26(27-8-5-10-29(22(27)2)43-35-34-24(12-13-41-35)15-23(20-46)18-42-34)7-4-9-28(21)36-44-30-17-32(50-38(39)40)25(16-33(30)49-36)19-45-14-6-11-31(45)37(47)48-3/h4-5,7-10,12-13,15-18,31,38,46H,6,11,14,19-20H2,1-3H3,(H,41,43)/t31-/m0/s1. The Morgan fingerprint density at radius 3 is 2.62 bits per heavy atom. The molecule has 1 aliphatic heterocycles. The summed E-state index contributed by atoms with van der Waals surface area (Å²) in [5.74, 6) is 0.573. The van der Waals surface area contributed by atoms with Gasteiger partial charge < -0.3 is 24.3 Å². The number of anilines is 2. The summed E-state index contributed by atoms with van der Waals surface area (Å²) in [6.45, 7) is 1.72. The lowest BCUT2D eigenvalue weighted by Gasteiger charge is -2.23. The molecule has 6 aromatic rings. The molecular weight excluding hydrogens is 644 g/mol. The van der Waals surface area contributed by atoms with Crippen LogP contribution in [0.5, 0.6) is 5.75 Å². The van der Waals surface area contributed by atoms with E-state index in [-0.39, 0.29) is 24.9 Å². The van der Waals surface area contributed by atoms with Crippen LogP contribution in [-0.4, -0.2) is 57.2 Å². The zero-order valence-corrected chi connectivity index (χ0v) is 27.7. The van der Waals surface area contributed by atoms with Crippen molar-refractivity contribution in [1.29, 1.82) is 0 Å². The molecule has 50 heavy (non-hydrogen) atoms. The number of halogens is 2. The molecule has 3 aromatic heterocycles. The first-order valence-corrected chi connectivity index (χ1v) is 16.3. The van der Waals surface area contributed by atoms with Gasteiger partial charge in [-0.15, -0.1) is 0 Å². The van der Waals surface area contributed by atoms with Crippen molar-refractivity contribution in [2.45, 2.75) is 52.5 Å². The Morgan fingerprint density at radius 2 is 1.84 bits per heavy atom. The van der Waals surface area contributed by atoms with Gasteiger partial charge in [0.1, 0.15) is 22.8 Å². The van der Waals surface area contributed by atoms with Crippen LogP contribution in [0.3, 0.4) is 0 Å². The molecule has 7 rings (SSSR count). The number of oxazole rings is 1. The number of fused-ring (bicyclic) bond motifs is 2. The third kappa shape index (κ3) is 6.35. The van der Waals surface area contributed by atoms with Gasteiger partial charge >= 0.3 is 12.6 Å². The third-order valence-corrected chi connectivity index (χ3v) is 9.28. The van der Waals surface area contributed by atoms with Crippen molar-refractivity contribution in [1.82, 2.24) is 19.9 Å². The van der Waals surface area contributed by atoms with Gasteiger partial charge in [0.05, 0.1) is 13.7 Å². The van der Waals surface area contributed by atoms with Gasteiger partial charge in [-0.05, 0) is 91.4 Å². The first-order valence-electron chi connectivity index (χ1n) is 16.3. The lowest BCUT2D eigenvalue weighted by atomic mass is 9.93. The van der Waals surface area contributed by atoms with Gasteiger partial charge in [-0.1, -0.05) is 24.3 Å². The second kappa shape index (κ2) is 13.8. The minimum Gasteiger partial charge on any atom is -0.468 e. The maximum Gasteiger partial charge on any atom is 0.387 e. The number of carbonyl (C=O) groups excluding carboxylic acids is 1. The maximum atomic E-state index is 13.5. The lowest BCUT2D eigenvalue weighted by Crippen LogP contribution is -2.36. The van der Waals surface area contributed by atoms with Gasteiger partial charge in [-0.2, -0.15) is 8.78 Å². The normalized spacial score (nSPS) is 14.9. The molecule has 3 aromatic carbocycles. The molecule has 0 amide bonds. The summed E-state index contributed by atoms with van der Waals surface area (Å²) >= 11 is 0. The van der Waals surface area contributed by atoms with Gasteiger partial charge in [0.25, 0.3) is 0 Å². The van der Waals surface area contributed by atoms with Crippen LogP contribution < -0.4 is 10.1 Å². The van der Waals surface area contributed by atoms with E-state index in [1.54, 1.807) is 18.5 Å². The Kier molecular flexibility index (Phi) is 9.13. The number of aromatic nitrogens is 3. The van der Waals surface area contributed by atoms with Gasteiger partial charge in [-0.25, -0.2) is 9.97 Å². The number of rotatable bonds is 10. The molecule has 4 heterocycles. The fraction of sp³-hybridized carbons (Fsp3) is 0.263. The molecule has 1 aliphatic rings. The number of esters is 1. The zero-order valence-electron chi connectivity index (χ0n) is 27.7. The summed E-state index contributed by atoms with van der Waals surface area (Å²) in [6.07, 6.45) is 4.76. The number of pyridine rings is 2. The molecule has 0 aliphatic carbocycles. The van der Waals surface area contributed by atoms with Crippen molar-refractivity contribution in [3.63, 3.8) is 0 Å². The Hall–Kier alpha value is -5.46. The minimum atomic E-state index is -3.04. The monoisotopic (exact) mass is 679 g/mol. The molecule has 1 saturated heterocycles. The first kappa shape index (κ1) is 33.1. The van der Waals surface area contributed by atoms with Crippen LogP contribution >= 0.6 is 0 Å². The predicted molar refractivity (Wildman–Crippen MR) is 185 cm³/mol. The average Bonchev–Trinajstić information content (AvgIpc) is 3.75. The molecule has 2 N–H and O–H groups in total. The van der Waals surface area contributed by atoms with E-state index in [1.807, 2.05) is 67.3 Å². The Morgan fingerprint density at radius 1 is 1.06 bits per heavy atom. The molecule has 0 saturated carbocycles. The van der Waals surface area contributed by atoms with Crippen molar-refractivity contribution in [2.75, 3.05) is 19.0 Å². The van der Waals surface area contributed by atoms with Crippen molar-refractivity contribution in [3.8, 4) is 28.3 Å². The second-order valence-corrected chi connectivity index (χ2v) is 12.3. The number of hydrogen-bond donors (Lipinski definition) is 2. The van der Waals surface area contributed by atoms with E-state index in [4.69, 9.17) is 18.9 Å². The van der Waals surface area contributed by atoms with E-state index in [1.165, 1.54) is 13.2 Å². The number of ether oxygens (including phenoxy) is 2. The highest BCUT2D eigenvalue weighted by Gasteiger charge is 2.32. The van der Waals surface area contributed by atoms with E-state index in [9.17, 15) is 18.7 Å². The lowest BCUT2D eigenvalue weighted by molar-refractivity contribution is -0.146. The Labute approximate surface area is 286 Å². The Bertz CT molecular complexity index is 2220. The summed E-state index contributed by atoms with van der Waals surface area (Å²) in [4.78, 5) is 28.0. The largest absolute Gasteiger partial charge is 0.468 e. The Balaban J connectivity index is 1.22. The summed E-state index contributed by atoms with van der Waals surface area (Å²) in [5, 5.41) is 13.8. The van der Waals surface area contributed by atoms with E-state index in [2.05, 4.69) is 15.3 Å². The molecule has 1 fully saturated rings. The number of carbonyl (C=O) groups is 1. The molecular formula is C38H35F2N5O5. The van der Waals surface area contributed by atoms with Crippen molar-refractivity contribution < 1.29 is 32.6 Å².